The van der Waals surface area contributed by atoms with Crippen molar-refractivity contribution < 1.29 is 19.4 Å². The van der Waals surface area contributed by atoms with Crippen molar-refractivity contribution in [3.8, 4) is 0 Å². The van der Waals surface area contributed by atoms with Gasteiger partial charge in [0.05, 0.1) is 0 Å². The van der Waals surface area contributed by atoms with Crippen molar-refractivity contribution in [2.24, 2.45) is 0 Å². The third-order valence-corrected chi connectivity index (χ3v) is 2.40. The normalized spacial score (nSPS) is 25.1. The van der Waals surface area contributed by atoms with E-state index >= 15 is 0 Å². The predicted octanol–water partition coefficient (Wildman–Crippen LogP) is 1.89. The van der Waals surface area contributed by atoms with Crippen molar-refractivity contribution in [1.82, 2.24) is 0 Å². The molecule has 0 bridgehead atoms. The lowest BCUT2D eigenvalue weighted by atomic mass is 9.98. The Balaban J connectivity index is 2.88. The molecule has 0 aromatic rings. The lowest BCUT2D eigenvalue weighted by Gasteiger charge is -2.22. The number of carbonyl (C=O) groups is 2. The Bertz CT molecular complexity index is 284. The lowest BCUT2D eigenvalue weighted by molar-refractivity contribution is -0.151. The Labute approximate surface area is 88.9 Å². The Morgan fingerprint density at radius 1 is 1.47 bits per heavy atom. The Morgan fingerprint density at radius 3 is 2.60 bits per heavy atom. The summed E-state index contributed by atoms with van der Waals surface area (Å²) in [4.78, 5) is 23.0. The molecule has 1 aliphatic heterocycles. The van der Waals surface area contributed by atoms with Crippen molar-refractivity contribution in [3.05, 3.63) is 11.3 Å². The molecule has 1 saturated heterocycles. The van der Waals surface area contributed by atoms with Crippen molar-refractivity contribution in [1.29, 1.82) is 0 Å². The predicted molar refractivity (Wildman–Crippen MR) is 54.4 cm³/mol. The molecule has 1 rings (SSSR count). The molecule has 1 N–H and O–H groups in total. The van der Waals surface area contributed by atoms with Crippen LogP contribution in [0, 0.1) is 0 Å². The summed E-state index contributed by atoms with van der Waals surface area (Å²) >= 11 is 0. The summed E-state index contributed by atoms with van der Waals surface area (Å²) in [5, 5.41) is 9.53. The third kappa shape index (κ3) is 2.58. The number of ether oxygens (including phenoxy) is 1. The van der Waals surface area contributed by atoms with Crippen LogP contribution >= 0.6 is 0 Å². The number of ketones is 1. The van der Waals surface area contributed by atoms with Gasteiger partial charge in [0.2, 0.25) is 0 Å². The van der Waals surface area contributed by atoms with Crippen LogP contribution in [-0.2, 0) is 14.3 Å². The maximum atomic E-state index is 11.6. The molecule has 1 fully saturated rings. The van der Waals surface area contributed by atoms with Gasteiger partial charge in [-0.1, -0.05) is 13.8 Å². The molecule has 15 heavy (non-hydrogen) atoms. The third-order valence-electron chi connectivity index (χ3n) is 2.40. The molecule has 0 aliphatic carbocycles. The van der Waals surface area contributed by atoms with E-state index in [4.69, 9.17) is 4.74 Å². The van der Waals surface area contributed by atoms with Gasteiger partial charge in [-0.2, -0.15) is 0 Å². The maximum Gasteiger partial charge on any atom is 0.345 e. The highest BCUT2D eigenvalue weighted by Crippen LogP contribution is 2.22. The first-order valence-corrected chi connectivity index (χ1v) is 5.26. The van der Waals surface area contributed by atoms with Gasteiger partial charge in [-0.05, 0) is 12.8 Å². The molecular formula is C11H16O4. The quantitative estimate of drug-likeness (QED) is 0.336. The maximum absolute atomic E-state index is 11.6. The van der Waals surface area contributed by atoms with Gasteiger partial charge in [-0.15, -0.1) is 0 Å². The zero-order chi connectivity index (χ0) is 11.4. The molecule has 0 saturated carbocycles. The molecule has 4 heteroatoms. The molecule has 0 aromatic heterocycles. The van der Waals surface area contributed by atoms with Crippen LogP contribution in [0.25, 0.3) is 0 Å². The number of carbonyl (C=O) groups excluding carboxylic acids is 2. The molecule has 0 amide bonds. The first kappa shape index (κ1) is 11.8. The topological polar surface area (TPSA) is 63.6 Å². The summed E-state index contributed by atoms with van der Waals surface area (Å²) in [5.74, 6) is -1.12. The molecule has 0 radical (unpaired) electrons. The number of Topliss-reactive ketones (excluding diaryl/α,β-unsaturated/α-hetero) is 1. The minimum Gasteiger partial charge on any atom is -0.511 e. The fraction of sp³-hybridized carbons (Fsp3) is 0.636. The Hall–Kier alpha value is -1.32. The number of aliphatic hydroxyl groups is 1. The van der Waals surface area contributed by atoms with Crippen LogP contribution in [0.3, 0.4) is 0 Å². The summed E-state index contributed by atoms with van der Waals surface area (Å²) in [5.41, 5.74) is -0.151. The van der Waals surface area contributed by atoms with Crippen molar-refractivity contribution in [2.75, 3.05) is 0 Å². The summed E-state index contributed by atoms with van der Waals surface area (Å²) < 4.78 is 5.01. The van der Waals surface area contributed by atoms with Gasteiger partial charge in [0, 0.05) is 12.8 Å². The fourth-order valence-corrected chi connectivity index (χ4v) is 1.54. The van der Waals surface area contributed by atoms with Crippen LogP contribution in [-0.4, -0.2) is 23.0 Å². The first-order chi connectivity index (χ1) is 7.10. The summed E-state index contributed by atoms with van der Waals surface area (Å²) in [6.07, 6.45) is 1.51. The van der Waals surface area contributed by atoms with Crippen LogP contribution in [0.2, 0.25) is 0 Å². The Morgan fingerprint density at radius 2 is 2.13 bits per heavy atom. The van der Waals surface area contributed by atoms with E-state index < -0.39 is 5.97 Å². The minimum absolute atomic E-state index is 0.137. The zero-order valence-corrected chi connectivity index (χ0v) is 9.08. The van der Waals surface area contributed by atoms with Gasteiger partial charge < -0.3 is 9.84 Å². The molecule has 0 unspecified atom stereocenters. The van der Waals surface area contributed by atoms with Crippen molar-refractivity contribution in [3.63, 3.8) is 0 Å². The highest BCUT2D eigenvalue weighted by atomic mass is 16.5. The monoisotopic (exact) mass is 212 g/mol. The molecule has 84 valence electrons. The molecule has 1 heterocycles. The van der Waals surface area contributed by atoms with Gasteiger partial charge in [0.1, 0.15) is 17.4 Å². The van der Waals surface area contributed by atoms with Crippen LogP contribution in [0.1, 0.15) is 39.5 Å². The van der Waals surface area contributed by atoms with Crippen LogP contribution < -0.4 is 0 Å². The second kappa shape index (κ2) is 4.96. The molecule has 0 aromatic carbocycles. The van der Waals surface area contributed by atoms with Gasteiger partial charge >= 0.3 is 5.97 Å². The number of rotatable bonds is 3. The fourth-order valence-electron chi connectivity index (χ4n) is 1.54. The van der Waals surface area contributed by atoms with E-state index in [0.29, 0.717) is 19.3 Å². The van der Waals surface area contributed by atoms with Crippen LogP contribution in [0.5, 0.6) is 0 Å². The zero-order valence-electron chi connectivity index (χ0n) is 9.08. The van der Waals surface area contributed by atoms with Gasteiger partial charge in [0.25, 0.3) is 0 Å². The lowest BCUT2D eigenvalue weighted by Crippen LogP contribution is -2.32. The molecule has 0 spiro atoms. The van der Waals surface area contributed by atoms with Gasteiger partial charge in [-0.3, -0.25) is 4.79 Å². The number of aliphatic hydroxyl groups excluding tert-OH is 1. The van der Waals surface area contributed by atoms with Gasteiger partial charge in [0.15, 0.2) is 5.78 Å². The Kier molecular flexibility index (Phi) is 3.88. The smallest absolute Gasteiger partial charge is 0.345 e. The number of cyclic esters (lactones) is 1. The summed E-state index contributed by atoms with van der Waals surface area (Å²) in [6, 6.07) is 0. The van der Waals surface area contributed by atoms with E-state index in [-0.39, 0.29) is 29.6 Å². The second-order valence-corrected chi connectivity index (χ2v) is 3.63. The first-order valence-electron chi connectivity index (χ1n) is 5.26. The van der Waals surface area contributed by atoms with Gasteiger partial charge in [-0.25, -0.2) is 4.79 Å². The standard InChI is InChI=1S/C11H16O4/c1-3-5-8(12)10-9(13)6-7(4-2)15-11(10)14/h7,12H,3-6H2,1-2H3/t7-/m1/s1. The number of hydrogen-bond donors (Lipinski definition) is 1. The SMILES string of the molecule is CCCC(O)=C1C(=O)C[C@@H](CC)OC1=O. The number of hydrogen-bond acceptors (Lipinski definition) is 4. The summed E-state index contributed by atoms with van der Waals surface area (Å²) in [7, 11) is 0. The van der Waals surface area contributed by atoms with E-state index in [2.05, 4.69) is 0 Å². The molecule has 1 aliphatic rings. The van der Waals surface area contributed by atoms with Crippen molar-refractivity contribution >= 4 is 11.8 Å². The van der Waals surface area contributed by atoms with Crippen LogP contribution in [0.4, 0.5) is 0 Å². The van der Waals surface area contributed by atoms with E-state index in [1.165, 1.54) is 0 Å². The van der Waals surface area contributed by atoms with E-state index in [0.717, 1.165) is 0 Å². The average Bonchev–Trinajstić information content (AvgIpc) is 2.16. The highest BCUT2D eigenvalue weighted by molar-refractivity contribution is 6.19. The summed E-state index contributed by atoms with van der Waals surface area (Å²) in [6.45, 7) is 3.72. The molecule has 4 nitrogen and oxygen atoms in total. The van der Waals surface area contributed by atoms with Crippen LogP contribution in [0.15, 0.2) is 11.3 Å². The van der Waals surface area contributed by atoms with E-state index in [1.54, 1.807) is 0 Å². The minimum atomic E-state index is -0.677. The van der Waals surface area contributed by atoms with E-state index in [9.17, 15) is 14.7 Å². The second-order valence-electron chi connectivity index (χ2n) is 3.63. The highest BCUT2D eigenvalue weighted by Gasteiger charge is 2.33. The number of esters is 1. The molecular weight excluding hydrogens is 196 g/mol. The van der Waals surface area contributed by atoms with Crippen molar-refractivity contribution in [2.45, 2.75) is 45.6 Å². The average molecular weight is 212 g/mol. The molecule has 1 atom stereocenters. The number of allylic oxidation sites excluding steroid dienone is 1. The largest absolute Gasteiger partial charge is 0.511 e. The van der Waals surface area contributed by atoms with E-state index in [1.807, 2.05) is 13.8 Å².